The summed E-state index contributed by atoms with van der Waals surface area (Å²) in [6, 6.07) is 9.66. The predicted octanol–water partition coefficient (Wildman–Crippen LogP) is 4.32. The van der Waals surface area contributed by atoms with Crippen molar-refractivity contribution in [3.63, 3.8) is 0 Å². The van der Waals surface area contributed by atoms with E-state index < -0.39 is 0 Å². The van der Waals surface area contributed by atoms with Crippen LogP contribution in [-0.2, 0) is 0 Å². The average Bonchev–Trinajstić information content (AvgIpc) is 2.48. The Labute approximate surface area is 124 Å². The summed E-state index contributed by atoms with van der Waals surface area (Å²) in [5.41, 5.74) is 3.22. The fourth-order valence-electron chi connectivity index (χ4n) is 2.28. The van der Waals surface area contributed by atoms with Crippen LogP contribution >= 0.6 is 0 Å². The molecule has 0 bridgehead atoms. The highest BCUT2D eigenvalue weighted by Gasteiger charge is 2.16. The van der Waals surface area contributed by atoms with E-state index in [0.29, 0.717) is 5.56 Å². The minimum atomic E-state index is -0.272. The molecule has 0 aliphatic rings. The summed E-state index contributed by atoms with van der Waals surface area (Å²) >= 11 is 0. The van der Waals surface area contributed by atoms with Crippen molar-refractivity contribution in [1.82, 2.24) is 5.32 Å². The third kappa shape index (κ3) is 3.22. The zero-order chi connectivity index (χ0) is 15.6. The van der Waals surface area contributed by atoms with Gasteiger partial charge < -0.3 is 10.2 Å². The number of nitrogens with zero attached hydrogens (tertiary/aromatic N) is 1. The van der Waals surface area contributed by atoms with Crippen LogP contribution in [0.3, 0.4) is 0 Å². The van der Waals surface area contributed by atoms with E-state index in [0.717, 1.165) is 16.9 Å². The van der Waals surface area contributed by atoms with Gasteiger partial charge in [-0.1, -0.05) is 0 Å². The van der Waals surface area contributed by atoms with E-state index in [9.17, 15) is 8.78 Å². The van der Waals surface area contributed by atoms with E-state index in [2.05, 4.69) is 5.32 Å². The van der Waals surface area contributed by atoms with Gasteiger partial charge in [-0.15, -0.1) is 0 Å². The minimum Gasteiger partial charge on any atom is -0.344 e. The molecule has 0 aliphatic carbocycles. The molecule has 0 radical (unpaired) electrons. The second-order valence-electron chi connectivity index (χ2n) is 5.21. The second kappa shape index (κ2) is 6.22. The molecule has 1 atom stereocenters. The largest absolute Gasteiger partial charge is 0.344 e. The topological polar surface area (TPSA) is 15.3 Å². The molecule has 0 saturated carbocycles. The van der Waals surface area contributed by atoms with Gasteiger partial charge in [0.25, 0.3) is 0 Å². The Morgan fingerprint density at radius 3 is 2.29 bits per heavy atom. The van der Waals surface area contributed by atoms with Crippen molar-refractivity contribution in [2.24, 2.45) is 0 Å². The highest BCUT2D eigenvalue weighted by molar-refractivity contribution is 5.67. The molecule has 4 heteroatoms. The number of rotatable bonds is 4. The second-order valence-corrected chi connectivity index (χ2v) is 5.21. The molecule has 0 aliphatic heterocycles. The maximum absolute atomic E-state index is 13.9. The molecular weight excluding hydrogens is 270 g/mol. The molecule has 0 fully saturated rings. The van der Waals surface area contributed by atoms with E-state index in [-0.39, 0.29) is 17.7 Å². The molecule has 112 valence electrons. The number of benzene rings is 2. The van der Waals surface area contributed by atoms with Crippen LogP contribution < -0.4 is 10.2 Å². The molecule has 0 heterocycles. The first-order valence-electron chi connectivity index (χ1n) is 6.90. The molecule has 1 N–H and O–H groups in total. The maximum atomic E-state index is 13.9. The Morgan fingerprint density at radius 1 is 1.10 bits per heavy atom. The Morgan fingerprint density at radius 2 is 1.71 bits per heavy atom. The SMILES string of the molecule is CNC(C)c1cc(F)c(C)cc1N(C)c1ccc(F)cc1. The van der Waals surface area contributed by atoms with Crippen molar-refractivity contribution in [3.05, 3.63) is 59.2 Å². The quantitative estimate of drug-likeness (QED) is 0.902. The van der Waals surface area contributed by atoms with E-state index in [1.165, 1.54) is 12.1 Å². The molecule has 1 unspecified atom stereocenters. The van der Waals surface area contributed by atoms with E-state index in [1.807, 2.05) is 32.0 Å². The van der Waals surface area contributed by atoms with Crippen LogP contribution in [0.4, 0.5) is 20.2 Å². The highest BCUT2D eigenvalue weighted by Crippen LogP contribution is 2.32. The summed E-state index contributed by atoms with van der Waals surface area (Å²) in [4.78, 5) is 1.94. The molecule has 21 heavy (non-hydrogen) atoms. The molecule has 0 spiro atoms. The lowest BCUT2D eigenvalue weighted by atomic mass is 10.0. The lowest BCUT2D eigenvalue weighted by Gasteiger charge is -2.26. The molecule has 2 aromatic rings. The van der Waals surface area contributed by atoms with Crippen LogP contribution in [0.2, 0.25) is 0 Å². The summed E-state index contributed by atoms with van der Waals surface area (Å²) in [6.07, 6.45) is 0. The standard InChI is InChI=1S/C17H20F2N2/c1-11-9-17(15(10-16(11)19)12(2)20-3)21(4)14-7-5-13(18)6-8-14/h5-10,12,20H,1-4H3. The normalized spacial score (nSPS) is 12.3. The first kappa shape index (κ1) is 15.4. The van der Waals surface area contributed by atoms with Gasteiger partial charge in [0.2, 0.25) is 0 Å². The highest BCUT2D eigenvalue weighted by atomic mass is 19.1. The molecule has 0 aromatic heterocycles. The third-order valence-electron chi connectivity index (χ3n) is 3.78. The number of hydrogen-bond donors (Lipinski definition) is 1. The summed E-state index contributed by atoms with van der Waals surface area (Å²) in [6.45, 7) is 3.72. The van der Waals surface area contributed by atoms with E-state index in [1.54, 1.807) is 25.1 Å². The number of anilines is 2. The minimum absolute atomic E-state index is 0.0120. The fourth-order valence-corrected chi connectivity index (χ4v) is 2.28. The molecule has 2 nitrogen and oxygen atoms in total. The van der Waals surface area contributed by atoms with Gasteiger partial charge in [0, 0.05) is 24.5 Å². The molecule has 0 saturated heterocycles. The number of halogens is 2. The number of aryl methyl sites for hydroxylation is 1. The van der Waals surface area contributed by atoms with Gasteiger partial charge in [0.15, 0.2) is 0 Å². The van der Waals surface area contributed by atoms with Crippen molar-refractivity contribution >= 4 is 11.4 Å². The Balaban J connectivity index is 2.50. The van der Waals surface area contributed by atoms with Crippen LogP contribution in [0.25, 0.3) is 0 Å². The van der Waals surface area contributed by atoms with E-state index in [4.69, 9.17) is 0 Å². The lowest BCUT2D eigenvalue weighted by Crippen LogP contribution is -2.19. The Kier molecular flexibility index (Phi) is 4.58. The molecule has 2 aromatic carbocycles. The molecular formula is C17H20F2N2. The zero-order valence-corrected chi connectivity index (χ0v) is 12.7. The van der Waals surface area contributed by atoms with Crippen molar-refractivity contribution in [3.8, 4) is 0 Å². The van der Waals surface area contributed by atoms with Gasteiger partial charge in [-0.2, -0.15) is 0 Å². The van der Waals surface area contributed by atoms with Crippen molar-refractivity contribution in [2.75, 3.05) is 19.0 Å². The lowest BCUT2D eigenvalue weighted by molar-refractivity contribution is 0.601. The monoisotopic (exact) mass is 290 g/mol. The van der Waals surface area contributed by atoms with Crippen LogP contribution in [-0.4, -0.2) is 14.1 Å². The predicted molar refractivity (Wildman–Crippen MR) is 83.1 cm³/mol. The van der Waals surface area contributed by atoms with Gasteiger partial charge in [-0.25, -0.2) is 8.78 Å². The van der Waals surface area contributed by atoms with Crippen LogP contribution in [0.15, 0.2) is 36.4 Å². The van der Waals surface area contributed by atoms with Crippen molar-refractivity contribution < 1.29 is 8.78 Å². The summed E-state index contributed by atoms with van der Waals surface area (Å²) in [5.74, 6) is -0.491. The number of hydrogen-bond acceptors (Lipinski definition) is 2. The van der Waals surface area contributed by atoms with Crippen molar-refractivity contribution in [1.29, 1.82) is 0 Å². The fraction of sp³-hybridized carbons (Fsp3) is 0.294. The van der Waals surface area contributed by atoms with Gasteiger partial charge in [0.05, 0.1) is 0 Å². The summed E-state index contributed by atoms with van der Waals surface area (Å²) < 4.78 is 26.9. The maximum Gasteiger partial charge on any atom is 0.126 e. The smallest absolute Gasteiger partial charge is 0.126 e. The van der Waals surface area contributed by atoms with Crippen LogP contribution in [0, 0.1) is 18.6 Å². The molecule has 2 rings (SSSR count). The summed E-state index contributed by atoms with van der Waals surface area (Å²) in [7, 11) is 3.73. The summed E-state index contributed by atoms with van der Waals surface area (Å²) in [5, 5.41) is 3.13. The average molecular weight is 290 g/mol. The van der Waals surface area contributed by atoms with Gasteiger partial charge in [-0.3, -0.25) is 0 Å². The zero-order valence-electron chi connectivity index (χ0n) is 12.7. The first-order chi connectivity index (χ1) is 9.93. The van der Waals surface area contributed by atoms with Crippen LogP contribution in [0.5, 0.6) is 0 Å². The van der Waals surface area contributed by atoms with Crippen LogP contribution in [0.1, 0.15) is 24.1 Å². The van der Waals surface area contributed by atoms with Gasteiger partial charge in [0.1, 0.15) is 11.6 Å². The molecule has 0 amide bonds. The first-order valence-corrected chi connectivity index (χ1v) is 6.90. The number of nitrogens with one attached hydrogen (secondary N) is 1. The Hall–Kier alpha value is -1.94. The Bertz CT molecular complexity index is 623. The van der Waals surface area contributed by atoms with Crippen molar-refractivity contribution in [2.45, 2.75) is 19.9 Å². The van der Waals surface area contributed by atoms with Gasteiger partial charge in [-0.05, 0) is 68.4 Å². The van der Waals surface area contributed by atoms with E-state index >= 15 is 0 Å². The van der Waals surface area contributed by atoms with Gasteiger partial charge >= 0.3 is 0 Å². The third-order valence-corrected chi connectivity index (χ3v) is 3.78.